The SMILES string of the molecule is [C-](=Nc1[c-]cccc1)c1ccccc1.[Y]. The van der Waals surface area contributed by atoms with E-state index in [0.717, 1.165) is 11.3 Å². The Balaban J connectivity index is 0.00000112. The van der Waals surface area contributed by atoms with Crippen molar-refractivity contribution >= 4 is 11.9 Å². The van der Waals surface area contributed by atoms with Crippen molar-refractivity contribution in [3.05, 3.63) is 66.2 Å². The van der Waals surface area contributed by atoms with Gasteiger partial charge in [0.2, 0.25) is 0 Å². The average Bonchev–Trinajstić information content (AvgIpc) is 2.29. The van der Waals surface area contributed by atoms with Crippen molar-refractivity contribution in [1.82, 2.24) is 0 Å². The van der Waals surface area contributed by atoms with Crippen LogP contribution in [0, 0.1) is 6.07 Å². The summed E-state index contributed by atoms with van der Waals surface area (Å²) in [5.41, 5.74) is 1.78. The number of rotatable bonds is 2. The third-order valence-electron chi connectivity index (χ3n) is 1.77. The predicted octanol–water partition coefficient (Wildman–Crippen LogP) is 3.11. The number of hydrogen-bond acceptors (Lipinski definition) is 1. The molecule has 71 valence electrons. The smallest absolute Gasteiger partial charge is 0 e. The van der Waals surface area contributed by atoms with Crippen LogP contribution in [0.4, 0.5) is 5.69 Å². The Labute approximate surface area is 115 Å². The fourth-order valence-electron chi connectivity index (χ4n) is 1.09. The first-order valence-electron chi connectivity index (χ1n) is 4.44. The topological polar surface area (TPSA) is 12.4 Å². The summed E-state index contributed by atoms with van der Waals surface area (Å²) < 4.78 is 0. The summed E-state index contributed by atoms with van der Waals surface area (Å²) in [5, 5.41) is 0. The van der Waals surface area contributed by atoms with Gasteiger partial charge < -0.3 is 4.99 Å². The first-order valence-corrected chi connectivity index (χ1v) is 4.44. The molecule has 0 amide bonds. The first-order chi connectivity index (χ1) is 6.95. The summed E-state index contributed by atoms with van der Waals surface area (Å²) in [5.74, 6) is 0. The monoisotopic (exact) mass is 268 g/mol. The molecule has 0 atom stereocenters. The predicted molar refractivity (Wildman–Crippen MR) is 57.9 cm³/mol. The van der Waals surface area contributed by atoms with Crippen molar-refractivity contribution < 1.29 is 32.7 Å². The number of para-hydroxylation sites is 1. The maximum absolute atomic E-state index is 4.17. The summed E-state index contributed by atoms with van der Waals surface area (Å²) in [6.07, 6.45) is 2.95. The van der Waals surface area contributed by atoms with Crippen LogP contribution in [0.25, 0.3) is 0 Å². The van der Waals surface area contributed by atoms with E-state index in [2.05, 4.69) is 17.3 Å². The molecule has 0 bridgehead atoms. The molecule has 0 N–H and O–H groups in total. The molecular formula is C13H9NY-2. The molecule has 0 spiro atoms. The van der Waals surface area contributed by atoms with Gasteiger partial charge in [-0.15, -0.1) is 35.5 Å². The summed E-state index contributed by atoms with van der Waals surface area (Å²) in [7, 11) is 0. The van der Waals surface area contributed by atoms with E-state index in [1.165, 1.54) is 0 Å². The van der Waals surface area contributed by atoms with Gasteiger partial charge in [0.05, 0.1) is 0 Å². The van der Waals surface area contributed by atoms with Crippen LogP contribution in [0.3, 0.4) is 0 Å². The van der Waals surface area contributed by atoms with Gasteiger partial charge in [-0.3, -0.25) is 0 Å². The summed E-state index contributed by atoms with van der Waals surface area (Å²) in [4.78, 5) is 4.17. The molecule has 0 aliphatic rings. The molecule has 2 heteroatoms. The van der Waals surface area contributed by atoms with E-state index in [1.54, 1.807) is 0 Å². The number of hydrogen-bond donors (Lipinski definition) is 0. The van der Waals surface area contributed by atoms with E-state index in [-0.39, 0.29) is 32.7 Å². The largest absolute Gasteiger partial charge is 0.378 e. The van der Waals surface area contributed by atoms with Gasteiger partial charge in [-0.1, -0.05) is 6.07 Å². The molecule has 0 unspecified atom stereocenters. The Morgan fingerprint density at radius 1 is 0.933 bits per heavy atom. The van der Waals surface area contributed by atoms with Crippen molar-refractivity contribution in [3.8, 4) is 0 Å². The van der Waals surface area contributed by atoms with Crippen LogP contribution in [0.1, 0.15) is 5.56 Å². The molecule has 1 nitrogen and oxygen atoms in total. The molecule has 2 aromatic rings. The molecule has 0 fully saturated rings. The van der Waals surface area contributed by atoms with Crippen LogP contribution in [0.5, 0.6) is 0 Å². The fraction of sp³-hybridized carbons (Fsp3) is 0. The van der Waals surface area contributed by atoms with Gasteiger partial charge in [0.25, 0.3) is 0 Å². The Hall–Kier alpha value is -0.786. The van der Waals surface area contributed by atoms with Gasteiger partial charge in [0.1, 0.15) is 0 Å². The molecule has 0 aliphatic heterocycles. The zero-order valence-electron chi connectivity index (χ0n) is 8.22. The second-order valence-corrected chi connectivity index (χ2v) is 2.84. The molecule has 0 saturated carbocycles. The second-order valence-electron chi connectivity index (χ2n) is 2.84. The summed E-state index contributed by atoms with van der Waals surface area (Å²) in [6, 6.07) is 20.4. The Morgan fingerprint density at radius 2 is 1.67 bits per heavy atom. The van der Waals surface area contributed by atoms with Gasteiger partial charge in [-0.2, -0.15) is 24.3 Å². The van der Waals surface area contributed by atoms with Crippen LogP contribution in [0.2, 0.25) is 0 Å². The van der Waals surface area contributed by atoms with Crippen molar-refractivity contribution in [2.75, 3.05) is 0 Å². The quantitative estimate of drug-likeness (QED) is 0.586. The minimum atomic E-state index is 0. The Bertz CT molecular complexity index is 368. The van der Waals surface area contributed by atoms with Crippen LogP contribution < -0.4 is 0 Å². The van der Waals surface area contributed by atoms with Gasteiger partial charge in [0, 0.05) is 32.7 Å². The van der Waals surface area contributed by atoms with Crippen LogP contribution in [-0.4, -0.2) is 6.21 Å². The van der Waals surface area contributed by atoms with Gasteiger partial charge in [0.15, 0.2) is 0 Å². The fourth-order valence-corrected chi connectivity index (χ4v) is 1.09. The van der Waals surface area contributed by atoms with Gasteiger partial charge >= 0.3 is 0 Å². The van der Waals surface area contributed by atoms with Gasteiger partial charge in [-0.25, -0.2) is 6.07 Å². The molecule has 0 aromatic heterocycles. The zero-order valence-corrected chi connectivity index (χ0v) is 11.1. The molecule has 0 aliphatic carbocycles. The normalized spacial score (nSPS) is 9.87. The molecule has 2 rings (SSSR count). The first kappa shape index (κ1) is 12.3. The van der Waals surface area contributed by atoms with Crippen molar-refractivity contribution in [1.29, 1.82) is 0 Å². The Kier molecular flexibility index (Phi) is 5.45. The van der Waals surface area contributed by atoms with E-state index in [0.29, 0.717) is 0 Å². The minimum absolute atomic E-state index is 0. The van der Waals surface area contributed by atoms with E-state index in [9.17, 15) is 0 Å². The third kappa shape index (κ3) is 4.07. The minimum Gasteiger partial charge on any atom is -0.378 e. The van der Waals surface area contributed by atoms with E-state index >= 15 is 0 Å². The van der Waals surface area contributed by atoms with Crippen molar-refractivity contribution in [2.24, 2.45) is 4.99 Å². The molecule has 0 heterocycles. The maximum Gasteiger partial charge on any atom is 0 e. The molecular weight excluding hydrogens is 259 g/mol. The van der Waals surface area contributed by atoms with Crippen molar-refractivity contribution in [2.45, 2.75) is 0 Å². The summed E-state index contributed by atoms with van der Waals surface area (Å²) in [6.45, 7) is 0. The summed E-state index contributed by atoms with van der Waals surface area (Å²) >= 11 is 0. The number of aliphatic imine (C=N–C) groups is 1. The molecule has 15 heavy (non-hydrogen) atoms. The molecule has 0 saturated heterocycles. The third-order valence-corrected chi connectivity index (χ3v) is 1.77. The average molecular weight is 268 g/mol. The van der Waals surface area contributed by atoms with Crippen LogP contribution >= 0.6 is 0 Å². The van der Waals surface area contributed by atoms with Crippen LogP contribution in [0.15, 0.2) is 59.6 Å². The van der Waals surface area contributed by atoms with Gasteiger partial charge in [-0.05, 0) is 6.21 Å². The maximum atomic E-state index is 4.17. The molecule has 1 radical (unpaired) electrons. The van der Waals surface area contributed by atoms with E-state index in [4.69, 9.17) is 0 Å². The second kappa shape index (κ2) is 6.65. The molecule has 2 aromatic carbocycles. The van der Waals surface area contributed by atoms with Crippen molar-refractivity contribution in [3.63, 3.8) is 0 Å². The van der Waals surface area contributed by atoms with E-state index in [1.807, 2.05) is 54.6 Å². The zero-order chi connectivity index (χ0) is 9.64. The number of benzene rings is 2. The van der Waals surface area contributed by atoms with E-state index < -0.39 is 0 Å². The standard InChI is InChI=1S/C13H9N.Y/c1-3-7-12(8-4-1)11-14-13-9-5-2-6-10-13;/h1-9H;/q-2;. The number of nitrogens with zero attached hydrogens (tertiary/aromatic N) is 1. The van der Waals surface area contributed by atoms with Crippen LogP contribution in [-0.2, 0) is 32.7 Å². The Morgan fingerprint density at radius 3 is 2.33 bits per heavy atom.